The third kappa shape index (κ3) is 1.79. The Morgan fingerprint density at radius 1 is 1.58 bits per heavy atom. The van der Waals surface area contributed by atoms with Gasteiger partial charge in [0, 0.05) is 32.2 Å². The number of rotatable bonds is 2. The predicted octanol–water partition coefficient (Wildman–Crippen LogP) is 0.0690. The Morgan fingerprint density at radius 2 is 2.50 bits per heavy atom. The average molecular weight is 170 g/mol. The van der Waals surface area contributed by atoms with Crippen LogP contribution in [0.25, 0.3) is 0 Å². The van der Waals surface area contributed by atoms with Crippen molar-refractivity contribution in [2.75, 3.05) is 32.8 Å². The molecule has 1 N–H and O–H groups in total. The van der Waals surface area contributed by atoms with E-state index in [4.69, 9.17) is 4.74 Å². The summed E-state index contributed by atoms with van der Waals surface area (Å²) in [5.74, 6) is 0. The highest BCUT2D eigenvalue weighted by Gasteiger charge is 2.26. The first kappa shape index (κ1) is 8.48. The highest BCUT2D eigenvalue weighted by Crippen LogP contribution is 2.17. The maximum atomic E-state index is 5.63. The summed E-state index contributed by atoms with van der Waals surface area (Å²) in [6.07, 6.45) is 1.79. The summed E-state index contributed by atoms with van der Waals surface area (Å²) in [7, 11) is 0. The molecule has 0 aromatic rings. The van der Waals surface area contributed by atoms with Crippen LogP contribution < -0.4 is 5.32 Å². The number of ether oxygens (including phenoxy) is 1. The van der Waals surface area contributed by atoms with Crippen LogP contribution >= 0.6 is 0 Å². The van der Waals surface area contributed by atoms with Gasteiger partial charge < -0.3 is 10.1 Å². The van der Waals surface area contributed by atoms with E-state index in [1.807, 2.05) is 0 Å². The Hall–Kier alpha value is -0.120. The smallest absolute Gasteiger partial charge is 0.0826 e. The molecule has 2 rings (SSSR count). The van der Waals surface area contributed by atoms with Gasteiger partial charge in [-0.1, -0.05) is 0 Å². The van der Waals surface area contributed by atoms with E-state index in [1.165, 1.54) is 13.0 Å². The Bertz CT molecular complexity index is 145. The first-order valence-corrected chi connectivity index (χ1v) is 4.92. The second-order valence-electron chi connectivity index (χ2n) is 3.83. The van der Waals surface area contributed by atoms with Crippen molar-refractivity contribution in [2.24, 2.45) is 0 Å². The molecule has 3 heteroatoms. The monoisotopic (exact) mass is 170 g/mol. The van der Waals surface area contributed by atoms with Gasteiger partial charge in [-0.25, -0.2) is 0 Å². The molecule has 0 bridgehead atoms. The molecular formula is C9H18N2O. The lowest BCUT2D eigenvalue weighted by molar-refractivity contribution is -0.0221. The van der Waals surface area contributed by atoms with Crippen molar-refractivity contribution < 1.29 is 4.74 Å². The number of hydrogen-bond acceptors (Lipinski definition) is 3. The molecule has 2 fully saturated rings. The maximum absolute atomic E-state index is 5.63. The summed E-state index contributed by atoms with van der Waals surface area (Å²) < 4.78 is 5.63. The van der Waals surface area contributed by atoms with Crippen LogP contribution in [0.2, 0.25) is 0 Å². The van der Waals surface area contributed by atoms with Crippen molar-refractivity contribution in [3.8, 4) is 0 Å². The first-order valence-electron chi connectivity index (χ1n) is 4.92. The van der Waals surface area contributed by atoms with Crippen molar-refractivity contribution in [3.63, 3.8) is 0 Å². The largest absolute Gasteiger partial charge is 0.374 e. The van der Waals surface area contributed by atoms with Crippen molar-refractivity contribution in [3.05, 3.63) is 0 Å². The molecule has 2 aliphatic heterocycles. The molecular weight excluding hydrogens is 152 g/mol. The zero-order valence-corrected chi connectivity index (χ0v) is 7.75. The summed E-state index contributed by atoms with van der Waals surface area (Å²) in [4.78, 5) is 2.50. The van der Waals surface area contributed by atoms with Crippen LogP contribution in [0.4, 0.5) is 0 Å². The molecule has 2 heterocycles. The average Bonchev–Trinajstić information content (AvgIpc) is 2.14. The molecule has 2 unspecified atom stereocenters. The number of morpholine rings is 1. The van der Waals surface area contributed by atoms with E-state index in [0.29, 0.717) is 6.10 Å². The minimum atomic E-state index is 0.432. The molecule has 0 radical (unpaired) electrons. The van der Waals surface area contributed by atoms with Gasteiger partial charge in [0.05, 0.1) is 12.7 Å². The number of nitrogens with one attached hydrogen (secondary N) is 1. The van der Waals surface area contributed by atoms with Gasteiger partial charge in [-0.05, 0) is 13.3 Å². The Balaban J connectivity index is 1.70. The van der Waals surface area contributed by atoms with Gasteiger partial charge in [0.25, 0.3) is 0 Å². The molecule has 12 heavy (non-hydrogen) atoms. The summed E-state index contributed by atoms with van der Waals surface area (Å²) >= 11 is 0. The van der Waals surface area contributed by atoms with Crippen molar-refractivity contribution in [1.82, 2.24) is 10.2 Å². The normalized spacial score (nSPS) is 37.8. The van der Waals surface area contributed by atoms with Crippen LogP contribution in [-0.2, 0) is 4.74 Å². The van der Waals surface area contributed by atoms with Crippen LogP contribution in [0.3, 0.4) is 0 Å². The summed E-state index contributed by atoms with van der Waals surface area (Å²) in [6, 6.07) is 0.788. The Morgan fingerprint density at radius 3 is 3.00 bits per heavy atom. The first-order chi connectivity index (χ1) is 5.86. The molecule has 0 aliphatic carbocycles. The minimum absolute atomic E-state index is 0.432. The van der Waals surface area contributed by atoms with E-state index in [0.717, 1.165) is 32.3 Å². The van der Waals surface area contributed by atoms with Crippen LogP contribution in [0.5, 0.6) is 0 Å². The SMILES string of the molecule is CC1CCN1CC1CNCCO1. The highest BCUT2D eigenvalue weighted by atomic mass is 16.5. The van der Waals surface area contributed by atoms with Crippen LogP contribution in [0.15, 0.2) is 0 Å². The summed E-state index contributed by atoms with van der Waals surface area (Å²) in [6.45, 7) is 7.61. The topological polar surface area (TPSA) is 24.5 Å². The van der Waals surface area contributed by atoms with Gasteiger partial charge >= 0.3 is 0 Å². The molecule has 0 saturated carbocycles. The lowest BCUT2D eigenvalue weighted by Gasteiger charge is -2.41. The minimum Gasteiger partial charge on any atom is -0.374 e. The molecule has 2 atom stereocenters. The predicted molar refractivity (Wildman–Crippen MR) is 48.3 cm³/mol. The van der Waals surface area contributed by atoms with Crippen LogP contribution in [0.1, 0.15) is 13.3 Å². The lowest BCUT2D eigenvalue weighted by Crippen LogP contribution is -2.53. The van der Waals surface area contributed by atoms with Crippen LogP contribution in [0, 0.1) is 0 Å². The standard InChI is InChI=1S/C9H18N2O/c1-8-2-4-11(8)7-9-6-10-3-5-12-9/h8-10H,2-7H2,1H3. The highest BCUT2D eigenvalue weighted by molar-refractivity contribution is 4.82. The molecule has 0 aromatic heterocycles. The molecule has 0 amide bonds. The number of likely N-dealkylation sites (tertiary alicyclic amines) is 1. The van der Waals surface area contributed by atoms with Crippen LogP contribution in [-0.4, -0.2) is 49.8 Å². The Labute approximate surface area is 74.1 Å². The van der Waals surface area contributed by atoms with E-state index >= 15 is 0 Å². The molecule has 0 aromatic carbocycles. The number of nitrogens with zero attached hydrogens (tertiary/aromatic N) is 1. The van der Waals surface area contributed by atoms with Crippen molar-refractivity contribution in [2.45, 2.75) is 25.5 Å². The summed E-state index contributed by atoms with van der Waals surface area (Å²) in [5.41, 5.74) is 0. The van der Waals surface area contributed by atoms with Crippen molar-refractivity contribution in [1.29, 1.82) is 0 Å². The van der Waals surface area contributed by atoms with Crippen molar-refractivity contribution >= 4 is 0 Å². The fourth-order valence-corrected chi connectivity index (χ4v) is 1.84. The molecule has 2 aliphatic rings. The second kappa shape index (κ2) is 3.73. The Kier molecular flexibility index (Phi) is 2.63. The second-order valence-corrected chi connectivity index (χ2v) is 3.83. The fraction of sp³-hybridized carbons (Fsp3) is 1.00. The van der Waals surface area contributed by atoms with Gasteiger partial charge in [0.15, 0.2) is 0 Å². The number of hydrogen-bond donors (Lipinski definition) is 1. The lowest BCUT2D eigenvalue weighted by atomic mass is 10.0. The molecule has 2 saturated heterocycles. The van der Waals surface area contributed by atoms with E-state index in [9.17, 15) is 0 Å². The third-order valence-electron chi connectivity index (χ3n) is 2.90. The van der Waals surface area contributed by atoms with Gasteiger partial charge in [-0.15, -0.1) is 0 Å². The quantitative estimate of drug-likeness (QED) is 0.634. The maximum Gasteiger partial charge on any atom is 0.0826 e. The van der Waals surface area contributed by atoms with E-state index < -0.39 is 0 Å². The van der Waals surface area contributed by atoms with Gasteiger partial charge in [-0.3, -0.25) is 4.90 Å². The van der Waals surface area contributed by atoms with E-state index in [-0.39, 0.29) is 0 Å². The zero-order valence-electron chi connectivity index (χ0n) is 7.75. The molecule has 70 valence electrons. The van der Waals surface area contributed by atoms with Gasteiger partial charge in [0.1, 0.15) is 0 Å². The van der Waals surface area contributed by atoms with E-state index in [2.05, 4.69) is 17.1 Å². The van der Waals surface area contributed by atoms with E-state index in [1.54, 1.807) is 0 Å². The van der Waals surface area contributed by atoms with Gasteiger partial charge in [-0.2, -0.15) is 0 Å². The fourth-order valence-electron chi connectivity index (χ4n) is 1.84. The molecule has 0 spiro atoms. The molecule has 3 nitrogen and oxygen atoms in total. The summed E-state index contributed by atoms with van der Waals surface area (Å²) in [5, 5.41) is 3.35. The van der Waals surface area contributed by atoms with Gasteiger partial charge in [0.2, 0.25) is 0 Å². The zero-order chi connectivity index (χ0) is 8.39. The third-order valence-corrected chi connectivity index (χ3v) is 2.90.